The average molecular weight is 283 g/mol. The van der Waals surface area contributed by atoms with Gasteiger partial charge in [-0.25, -0.2) is 0 Å². The van der Waals surface area contributed by atoms with Gasteiger partial charge in [-0.1, -0.05) is 48.5 Å². The molecule has 0 spiro atoms. The topological polar surface area (TPSA) is 60.8 Å². The second-order valence-electron chi connectivity index (χ2n) is 5.18. The summed E-state index contributed by atoms with van der Waals surface area (Å²) in [7, 11) is 0. The number of hydrogen-bond acceptors (Lipinski definition) is 3. The van der Waals surface area contributed by atoms with Crippen LogP contribution in [0.1, 0.15) is 11.6 Å². The maximum Gasteiger partial charge on any atom is 0.235 e. The van der Waals surface area contributed by atoms with Gasteiger partial charge in [-0.15, -0.1) is 0 Å². The molecular formula is C17H17NO3. The number of carbonyl (C=O) groups excluding carboxylic acids is 1. The van der Waals surface area contributed by atoms with Gasteiger partial charge in [0.25, 0.3) is 0 Å². The molecule has 0 aromatic heterocycles. The number of nitrogens with zero attached hydrogens (tertiary/aromatic N) is 1. The highest BCUT2D eigenvalue weighted by molar-refractivity contribution is 6.03. The third kappa shape index (κ3) is 2.33. The summed E-state index contributed by atoms with van der Waals surface area (Å²) >= 11 is 0. The van der Waals surface area contributed by atoms with E-state index >= 15 is 0 Å². The number of amides is 1. The van der Waals surface area contributed by atoms with E-state index in [0.717, 1.165) is 11.3 Å². The van der Waals surface area contributed by atoms with Crippen molar-refractivity contribution >= 4 is 11.6 Å². The van der Waals surface area contributed by atoms with Gasteiger partial charge < -0.3 is 15.1 Å². The molecule has 0 bridgehead atoms. The van der Waals surface area contributed by atoms with E-state index in [4.69, 9.17) is 0 Å². The van der Waals surface area contributed by atoms with Crippen molar-refractivity contribution in [2.75, 3.05) is 11.5 Å². The molecule has 1 heterocycles. The molecule has 108 valence electrons. The number of rotatable bonds is 4. The summed E-state index contributed by atoms with van der Waals surface area (Å²) in [6.07, 6.45) is -1.04. The highest BCUT2D eigenvalue weighted by atomic mass is 16.3. The summed E-state index contributed by atoms with van der Waals surface area (Å²) in [6, 6.07) is 18.7. The van der Waals surface area contributed by atoms with Gasteiger partial charge in [-0.05, 0) is 17.7 Å². The maximum absolute atomic E-state index is 12.4. The van der Waals surface area contributed by atoms with Crippen LogP contribution < -0.4 is 4.90 Å². The first-order valence-electron chi connectivity index (χ1n) is 6.96. The molecule has 0 unspecified atom stereocenters. The van der Waals surface area contributed by atoms with Gasteiger partial charge in [0.15, 0.2) is 0 Å². The van der Waals surface area contributed by atoms with Crippen LogP contribution in [0.2, 0.25) is 0 Å². The van der Waals surface area contributed by atoms with Crippen LogP contribution in [0.3, 0.4) is 0 Å². The molecule has 0 aliphatic carbocycles. The number of benzene rings is 2. The first-order chi connectivity index (χ1) is 10.2. The molecule has 2 aromatic rings. The summed E-state index contributed by atoms with van der Waals surface area (Å²) < 4.78 is 0. The van der Waals surface area contributed by atoms with Gasteiger partial charge in [0, 0.05) is 5.69 Å². The molecule has 2 aromatic carbocycles. The minimum absolute atomic E-state index is 0.156. The second kappa shape index (κ2) is 5.68. The van der Waals surface area contributed by atoms with Crippen LogP contribution in [0.5, 0.6) is 0 Å². The monoisotopic (exact) mass is 283 g/mol. The lowest BCUT2D eigenvalue weighted by molar-refractivity contribution is -0.137. The molecular weight excluding hydrogens is 266 g/mol. The summed E-state index contributed by atoms with van der Waals surface area (Å²) in [5, 5.41) is 19.1. The number of aliphatic hydroxyl groups excluding tert-OH is 2. The lowest BCUT2D eigenvalue weighted by Crippen LogP contribution is -2.60. The fourth-order valence-electron chi connectivity index (χ4n) is 2.88. The molecule has 4 heteroatoms. The molecule has 2 N–H and O–H groups in total. The zero-order valence-corrected chi connectivity index (χ0v) is 11.5. The Morgan fingerprint density at radius 1 is 1.00 bits per heavy atom. The van der Waals surface area contributed by atoms with Crippen LogP contribution in [0.25, 0.3) is 0 Å². The van der Waals surface area contributed by atoms with Gasteiger partial charge in [0.1, 0.15) is 0 Å². The quantitative estimate of drug-likeness (QED) is 0.840. The number of carbonyl (C=O) groups is 1. The molecule has 21 heavy (non-hydrogen) atoms. The number of para-hydroxylation sites is 1. The fourth-order valence-corrected chi connectivity index (χ4v) is 2.88. The minimum Gasteiger partial charge on any atom is -0.394 e. The summed E-state index contributed by atoms with van der Waals surface area (Å²) in [6.45, 7) is -0.414. The Morgan fingerprint density at radius 2 is 1.57 bits per heavy atom. The largest absolute Gasteiger partial charge is 0.394 e. The highest BCUT2D eigenvalue weighted by Gasteiger charge is 2.51. The molecule has 3 atom stereocenters. The molecule has 4 nitrogen and oxygen atoms in total. The van der Waals surface area contributed by atoms with E-state index in [1.54, 1.807) is 4.90 Å². The standard InChI is InChI=1S/C17H17NO3/c19-11-14(20)15-16(12-7-3-1-4-8-12)18(17(15)21)13-9-5-2-6-10-13/h1-10,14-16,19-20H,11H2/t14-,15-,16-/m1/s1. The van der Waals surface area contributed by atoms with Crippen LogP contribution in [0.15, 0.2) is 60.7 Å². The highest BCUT2D eigenvalue weighted by Crippen LogP contribution is 2.44. The van der Waals surface area contributed by atoms with Crippen molar-refractivity contribution in [3.8, 4) is 0 Å². The first kappa shape index (κ1) is 13.8. The van der Waals surface area contributed by atoms with Crippen LogP contribution in [-0.4, -0.2) is 28.8 Å². The van der Waals surface area contributed by atoms with E-state index in [1.807, 2.05) is 60.7 Å². The summed E-state index contributed by atoms with van der Waals surface area (Å²) in [5.74, 6) is -0.755. The Morgan fingerprint density at radius 3 is 2.14 bits per heavy atom. The van der Waals surface area contributed by atoms with Crippen molar-refractivity contribution in [1.29, 1.82) is 0 Å². The Balaban J connectivity index is 1.98. The third-order valence-corrected chi connectivity index (χ3v) is 3.92. The number of anilines is 1. The molecule has 1 saturated heterocycles. The third-order valence-electron chi connectivity index (χ3n) is 3.92. The van der Waals surface area contributed by atoms with Crippen LogP contribution in [-0.2, 0) is 4.79 Å². The lowest BCUT2D eigenvalue weighted by atomic mass is 9.78. The van der Waals surface area contributed by atoms with Crippen LogP contribution in [0.4, 0.5) is 5.69 Å². The van der Waals surface area contributed by atoms with Crippen molar-refractivity contribution in [2.24, 2.45) is 5.92 Å². The minimum atomic E-state index is -1.04. The van der Waals surface area contributed by atoms with Crippen molar-refractivity contribution < 1.29 is 15.0 Å². The van der Waals surface area contributed by atoms with E-state index < -0.39 is 18.6 Å². The van der Waals surface area contributed by atoms with Crippen molar-refractivity contribution in [1.82, 2.24) is 0 Å². The van der Waals surface area contributed by atoms with Gasteiger partial charge in [0.2, 0.25) is 5.91 Å². The molecule has 0 saturated carbocycles. The Hall–Kier alpha value is -2.17. The fraction of sp³-hybridized carbons (Fsp3) is 0.235. The van der Waals surface area contributed by atoms with E-state index in [0.29, 0.717) is 0 Å². The second-order valence-corrected chi connectivity index (χ2v) is 5.18. The number of hydrogen-bond donors (Lipinski definition) is 2. The maximum atomic E-state index is 12.4. The summed E-state index contributed by atoms with van der Waals surface area (Å²) in [5.41, 5.74) is 1.76. The van der Waals surface area contributed by atoms with E-state index in [2.05, 4.69) is 0 Å². The number of aliphatic hydroxyl groups is 2. The SMILES string of the molecule is O=C1[C@H]([C@H](O)CO)[C@@H](c2ccccc2)N1c1ccccc1. The zero-order chi connectivity index (χ0) is 14.8. The molecule has 1 aliphatic rings. The van der Waals surface area contributed by atoms with Crippen LogP contribution in [0, 0.1) is 5.92 Å². The summed E-state index contributed by atoms with van der Waals surface area (Å²) in [4.78, 5) is 14.1. The molecule has 1 aliphatic heterocycles. The van der Waals surface area contributed by atoms with Crippen molar-refractivity contribution in [3.63, 3.8) is 0 Å². The van der Waals surface area contributed by atoms with Gasteiger partial charge in [0.05, 0.1) is 24.7 Å². The van der Waals surface area contributed by atoms with Gasteiger partial charge in [-0.2, -0.15) is 0 Å². The van der Waals surface area contributed by atoms with E-state index in [9.17, 15) is 15.0 Å². The molecule has 0 radical (unpaired) electrons. The van der Waals surface area contributed by atoms with Crippen molar-refractivity contribution in [2.45, 2.75) is 12.1 Å². The Kier molecular flexibility index (Phi) is 3.73. The van der Waals surface area contributed by atoms with Gasteiger partial charge in [-0.3, -0.25) is 4.79 Å². The number of β-lactam (4-membered cyclic amide) rings is 1. The molecule has 1 amide bonds. The molecule has 3 rings (SSSR count). The average Bonchev–Trinajstić information content (AvgIpc) is 2.54. The van der Waals surface area contributed by atoms with E-state index in [-0.39, 0.29) is 11.9 Å². The van der Waals surface area contributed by atoms with E-state index in [1.165, 1.54) is 0 Å². The van der Waals surface area contributed by atoms with Gasteiger partial charge >= 0.3 is 0 Å². The predicted molar refractivity (Wildman–Crippen MR) is 79.7 cm³/mol. The lowest BCUT2D eigenvalue weighted by Gasteiger charge is -2.48. The Bertz CT molecular complexity index is 614. The van der Waals surface area contributed by atoms with Crippen molar-refractivity contribution in [3.05, 3.63) is 66.2 Å². The normalized spacial score (nSPS) is 22.8. The smallest absolute Gasteiger partial charge is 0.235 e. The molecule has 1 fully saturated rings. The predicted octanol–water partition coefficient (Wildman–Crippen LogP) is 1.74. The van der Waals surface area contributed by atoms with Crippen LogP contribution >= 0.6 is 0 Å². The first-order valence-corrected chi connectivity index (χ1v) is 6.96. The zero-order valence-electron chi connectivity index (χ0n) is 11.5. The Labute approximate surface area is 123 Å².